The third-order valence-corrected chi connectivity index (χ3v) is 5.11. The largest absolute Gasteiger partial charge is 0.692 e. The first-order valence-corrected chi connectivity index (χ1v) is 6.30. The maximum Gasteiger partial charge on any atom is 0.692 e. The van der Waals surface area contributed by atoms with Gasteiger partial charge in [0.2, 0.25) is 0 Å². The molecule has 17 heavy (non-hydrogen) atoms. The van der Waals surface area contributed by atoms with Gasteiger partial charge < -0.3 is 39.5 Å². The quantitative estimate of drug-likeness (QED) is 0.275. The smallest absolute Gasteiger partial charge is 0.394 e. The Morgan fingerprint density at radius 1 is 1.00 bits per heavy atom. The zero-order chi connectivity index (χ0) is 12.7. The molecule has 6 N–H and O–H groups in total. The van der Waals surface area contributed by atoms with E-state index in [1.807, 2.05) is 0 Å². The van der Waals surface area contributed by atoms with Gasteiger partial charge in [0, 0.05) is 0 Å². The highest BCUT2D eigenvalue weighted by Crippen LogP contribution is 2.64. The predicted molar refractivity (Wildman–Crippen MR) is 44.0 cm³/mol. The van der Waals surface area contributed by atoms with Gasteiger partial charge in [-0.05, 0) is 0 Å². The Hall–Kier alpha value is -0.183. The minimum atomic E-state index is -3.85. The summed E-state index contributed by atoms with van der Waals surface area (Å²) in [5.74, 6) is -8.39. The predicted octanol–water partition coefficient (Wildman–Crippen LogP) is -4.73. The molecular formula is C6H10O10Si. The fourth-order valence-corrected chi connectivity index (χ4v) is 4.47. The number of aliphatic hydroxyl groups is 6. The molecule has 0 aromatic rings. The Kier molecular flexibility index (Phi) is 2.00. The van der Waals surface area contributed by atoms with Crippen molar-refractivity contribution in [3.8, 4) is 0 Å². The molecule has 0 aromatic carbocycles. The fourth-order valence-electron chi connectivity index (χ4n) is 2.02. The number of rotatable bonds is 3. The number of aliphatic hydroxyl groups excluding tert-OH is 3. The Bertz CT molecular complexity index is 370. The van der Waals surface area contributed by atoms with Gasteiger partial charge in [0.1, 0.15) is 12.2 Å². The van der Waals surface area contributed by atoms with Gasteiger partial charge in [0.25, 0.3) is 5.79 Å². The molecule has 4 aliphatic rings. The van der Waals surface area contributed by atoms with Gasteiger partial charge in [-0.2, -0.15) is 0 Å². The molecule has 3 bridgehead atoms. The van der Waals surface area contributed by atoms with Crippen molar-refractivity contribution in [1.82, 2.24) is 0 Å². The highest BCUT2D eigenvalue weighted by molar-refractivity contribution is 6.58. The molecule has 0 amide bonds. The van der Waals surface area contributed by atoms with E-state index in [1.54, 1.807) is 0 Å². The molecule has 0 saturated carbocycles. The van der Waals surface area contributed by atoms with Crippen LogP contribution in [-0.4, -0.2) is 76.0 Å². The van der Waals surface area contributed by atoms with Crippen LogP contribution in [0.1, 0.15) is 0 Å². The van der Waals surface area contributed by atoms with Crippen LogP contribution in [0.15, 0.2) is 0 Å². The SMILES string of the molecule is OC[C@@H](O)[C@@H](O)[C@@]1(O)O[Si]23OC(O)(O2)[C@]1(O)O3. The molecule has 4 atom stereocenters. The lowest BCUT2D eigenvalue weighted by Crippen LogP contribution is -2.81. The molecular weight excluding hydrogens is 260 g/mol. The zero-order valence-corrected chi connectivity index (χ0v) is 9.18. The lowest BCUT2D eigenvalue weighted by atomic mass is 9.94. The van der Waals surface area contributed by atoms with Gasteiger partial charge in [0.15, 0.2) is 0 Å². The lowest BCUT2D eigenvalue weighted by Gasteiger charge is -2.51. The fraction of sp³-hybridized carbons (Fsp3) is 1.00. The van der Waals surface area contributed by atoms with E-state index in [-0.39, 0.29) is 0 Å². The molecule has 98 valence electrons. The van der Waals surface area contributed by atoms with Crippen LogP contribution in [0.4, 0.5) is 0 Å². The molecule has 0 aromatic heterocycles. The zero-order valence-electron chi connectivity index (χ0n) is 8.18. The van der Waals surface area contributed by atoms with Crippen LogP contribution < -0.4 is 0 Å². The summed E-state index contributed by atoms with van der Waals surface area (Å²) < 4.78 is 18.8. The first-order valence-electron chi connectivity index (χ1n) is 4.67. The maximum atomic E-state index is 9.97. The Balaban J connectivity index is 1.96. The van der Waals surface area contributed by atoms with Gasteiger partial charge >= 0.3 is 20.8 Å². The van der Waals surface area contributed by atoms with Gasteiger partial charge in [-0.25, -0.2) is 0 Å². The van der Waals surface area contributed by atoms with Crippen molar-refractivity contribution >= 4 is 9.05 Å². The van der Waals surface area contributed by atoms with Gasteiger partial charge in [-0.15, -0.1) is 0 Å². The van der Waals surface area contributed by atoms with E-state index in [0.29, 0.717) is 0 Å². The maximum absolute atomic E-state index is 9.97. The first kappa shape index (κ1) is 11.9. The molecule has 4 rings (SSSR count). The summed E-state index contributed by atoms with van der Waals surface area (Å²) in [6, 6.07) is 0. The van der Waals surface area contributed by atoms with E-state index in [1.165, 1.54) is 0 Å². The van der Waals surface area contributed by atoms with Crippen LogP contribution in [0.2, 0.25) is 0 Å². The molecule has 4 fully saturated rings. The summed E-state index contributed by atoms with van der Waals surface area (Å²) >= 11 is 0. The highest BCUT2D eigenvalue weighted by atomic mass is 28.4. The first-order chi connectivity index (χ1) is 7.72. The summed E-state index contributed by atoms with van der Waals surface area (Å²) in [7, 11) is -3.85. The second-order valence-corrected chi connectivity index (χ2v) is 5.84. The van der Waals surface area contributed by atoms with Crippen LogP contribution in [0.25, 0.3) is 0 Å². The topological polar surface area (TPSA) is 158 Å². The summed E-state index contributed by atoms with van der Waals surface area (Å²) in [6.45, 7) is -0.905. The Morgan fingerprint density at radius 2 is 1.59 bits per heavy atom. The summed E-state index contributed by atoms with van der Waals surface area (Å²) in [4.78, 5) is 0. The van der Waals surface area contributed by atoms with Crippen LogP contribution in [0, 0.1) is 0 Å². The number of hydrogen-bond donors (Lipinski definition) is 6. The van der Waals surface area contributed by atoms with Crippen LogP contribution in [0.5, 0.6) is 0 Å². The highest BCUT2D eigenvalue weighted by Gasteiger charge is 2.99. The van der Waals surface area contributed by atoms with E-state index in [9.17, 15) is 25.5 Å². The van der Waals surface area contributed by atoms with Crippen LogP contribution in [-0.2, 0) is 17.7 Å². The average Bonchev–Trinajstić information content (AvgIpc) is 2.67. The van der Waals surface area contributed by atoms with E-state index in [0.717, 1.165) is 0 Å². The molecule has 4 aliphatic heterocycles. The molecule has 0 unspecified atom stereocenters. The van der Waals surface area contributed by atoms with Crippen molar-refractivity contribution < 1.29 is 48.3 Å². The van der Waals surface area contributed by atoms with Crippen LogP contribution >= 0.6 is 0 Å². The molecule has 11 heteroatoms. The van der Waals surface area contributed by atoms with Gasteiger partial charge in [0.05, 0.1) is 6.61 Å². The number of hydrogen-bond acceptors (Lipinski definition) is 10. The molecule has 4 heterocycles. The third kappa shape index (κ3) is 1.04. The van der Waals surface area contributed by atoms with E-state index >= 15 is 0 Å². The normalized spacial score (nSPS) is 58.9. The van der Waals surface area contributed by atoms with Gasteiger partial charge in [-0.1, -0.05) is 0 Å². The van der Waals surface area contributed by atoms with Crippen molar-refractivity contribution in [2.45, 2.75) is 29.8 Å². The lowest BCUT2D eigenvalue weighted by molar-refractivity contribution is -0.508. The van der Waals surface area contributed by atoms with E-state index in [2.05, 4.69) is 8.85 Å². The van der Waals surface area contributed by atoms with E-state index < -0.39 is 45.4 Å². The second kappa shape index (κ2) is 2.86. The standard InChI is InChI=1S/C6H10O10Si/c7-1-2(8)3(9)4(10)5(11)6(12)15-17(13-4,14-5)16-6/h2-3,7-12H,1H2/t2-,3-,4-,5-,6?,17?/m1/s1. The molecule has 0 radical (unpaired) electrons. The van der Waals surface area contributed by atoms with Crippen molar-refractivity contribution in [1.29, 1.82) is 0 Å². The van der Waals surface area contributed by atoms with E-state index in [4.69, 9.17) is 14.0 Å². The van der Waals surface area contributed by atoms with Crippen molar-refractivity contribution in [3.63, 3.8) is 0 Å². The average molecular weight is 270 g/mol. The molecule has 1 spiro atoms. The second-order valence-electron chi connectivity index (χ2n) is 4.03. The minimum Gasteiger partial charge on any atom is -0.394 e. The molecule has 4 saturated heterocycles. The van der Waals surface area contributed by atoms with Crippen molar-refractivity contribution in [2.75, 3.05) is 6.61 Å². The van der Waals surface area contributed by atoms with Crippen LogP contribution in [0.3, 0.4) is 0 Å². The minimum absolute atomic E-state index is 0.905. The van der Waals surface area contributed by atoms with Crippen molar-refractivity contribution in [3.05, 3.63) is 0 Å². The third-order valence-electron chi connectivity index (χ3n) is 2.95. The van der Waals surface area contributed by atoms with Crippen molar-refractivity contribution in [2.24, 2.45) is 0 Å². The molecule has 10 nitrogen and oxygen atoms in total. The monoisotopic (exact) mass is 270 g/mol. The summed E-state index contributed by atoms with van der Waals surface area (Å²) in [5, 5.41) is 56.9. The summed E-state index contributed by atoms with van der Waals surface area (Å²) in [6.07, 6.45) is -3.95. The Labute approximate surface area is 94.6 Å². The summed E-state index contributed by atoms with van der Waals surface area (Å²) in [5.41, 5.74) is 0. The van der Waals surface area contributed by atoms with Gasteiger partial charge in [-0.3, -0.25) is 8.85 Å². The Morgan fingerprint density at radius 3 is 2.00 bits per heavy atom. The molecule has 0 aliphatic carbocycles.